The minimum absolute atomic E-state index is 0.298. The van der Waals surface area contributed by atoms with Crippen molar-refractivity contribution in [1.82, 2.24) is 10.6 Å². The summed E-state index contributed by atoms with van der Waals surface area (Å²) in [6, 6.07) is -1.19. The quantitative estimate of drug-likeness (QED) is 0.482. The number of amides is 1. The van der Waals surface area contributed by atoms with Gasteiger partial charge in [0.1, 0.15) is 6.04 Å². The van der Waals surface area contributed by atoms with E-state index in [2.05, 4.69) is 10.6 Å². The molecule has 92 valence electrons. The third-order valence-corrected chi connectivity index (χ3v) is 2.75. The van der Waals surface area contributed by atoms with Crippen LogP contribution in [-0.4, -0.2) is 47.8 Å². The van der Waals surface area contributed by atoms with E-state index in [-0.39, 0.29) is 5.91 Å². The Kier molecular flexibility index (Phi) is 5.21. The summed E-state index contributed by atoms with van der Waals surface area (Å²) < 4.78 is 0. The number of aliphatic hydroxyl groups excluding tert-OH is 1. The average Bonchev–Trinajstić information content (AvgIpc) is 2.27. The predicted molar refractivity (Wildman–Crippen MR) is 56.9 cm³/mol. The Hall–Kier alpha value is -1.14. The fraction of sp³-hybridized carbons (Fsp3) is 0.800. The molecule has 0 saturated carbocycles. The van der Waals surface area contributed by atoms with Gasteiger partial charge < -0.3 is 20.8 Å². The Morgan fingerprint density at radius 1 is 1.38 bits per heavy atom. The van der Waals surface area contributed by atoms with Gasteiger partial charge in [-0.25, -0.2) is 4.79 Å². The minimum atomic E-state index is -1.21. The molecule has 1 rings (SSSR count). The van der Waals surface area contributed by atoms with E-state index in [9.17, 15) is 9.59 Å². The van der Waals surface area contributed by atoms with Crippen molar-refractivity contribution >= 4 is 11.9 Å². The number of piperidine rings is 1. The standard InChI is InChI=1S/C10H18N2O4/c13-6-8(10(15)16)12-9(14)5-7-1-3-11-4-2-7/h7-8,11,13H,1-6H2,(H,12,14)(H,15,16)/t8-/m0/s1. The summed E-state index contributed by atoms with van der Waals surface area (Å²) in [7, 11) is 0. The van der Waals surface area contributed by atoms with E-state index >= 15 is 0 Å². The SMILES string of the molecule is O=C(CC1CCNCC1)N[C@@H](CO)C(=O)O. The maximum absolute atomic E-state index is 11.5. The summed E-state index contributed by atoms with van der Waals surface area (Å²) in [6.45, 7) is 1.23. The first kappa shape index (κ1) is 12.9. The van der Waals surface area contributed by atoms with Gasteiger partial charge in [-0.05, 0) is 31.8 Å². The molecule has 0 spiro atoms. The molecule has 1 aliphatic rings. The average molecular weight is 230 g/mol. The predicted octanol–water partition coefficient (Wildman–Crippen LogP) is -1.06. The van der Waals surface area contributed by atoms with Crippen molar-refractivity contribution in [2.75, 3.05) is 19.7 Å². The first-order valence-corrected chi connectivity index (χ1v) is 5.47. The Labute approximate surface area is 94.0 Å². The number of carbonyl (C=O) groups excluding carboxylic acids is 1. The smallest absolute Gasteiger partial charge is 0.328 e. The number of hydrogen-bond acceptors (Lipinski definition) is 4. The molecular formula is C10H18N2O4. The molecule has 4 N–H and O–H groups in total. The van der Waals surface area contributed by atoms with Gasteiger partial charge in [-0.2, -0.15) is 0 Å². The molecule has 1 atom stereocenters. The zero-order chi connectivity index (χ0) is 12.0. The van der Waals surface area contributed by atoms with Gasteiger partial charge in [0.2, 0.25) is 5.91 Å². The van der Waals surface area contributed by atoms with E-state index in [4.69, 9.17) is 10.2 Å². The van der Waals surface area contributed by atoms with Crippen LogP contribution in [0.3, 0.4) is 0 Å². The molecule has 0 aromatic heterocycles. The normalized spacial score (nSPS) is 19.1. The van der Waals surface area contributed by atoms with Crippen molar-refractivity contribution in [2.45, 2.75) is 25.3 Å². The zero-order valence-corrected chi connectivity index (χ0v) is 9.11. The van der Waals surface area contributed by atoms with Crippen LogP contribution >= 0.6 is 0 Å². The number of aliphatic carboxylic acids is 1. The van der Waals surface area contributed by atoms with Crippen LogP contribution in [0.4, 0.5) is 0 Å². The number of rotatable bonds is 5. The van der Waals surface area contributed by atoms with Crippen LogP contribution in [0.25, 0.3) is 0 Å². The Balaban J connectivity index is 2.31. The summed E-state index contributed by atoms with van der Waals surface area (Å²) in [5.41, 5.74) is 0. The maximum atomic E-state index is 11.5. The first-order valence-electron chi connectivity index (χ1n) is 5.47. The monoisotopic (exact) mass is 230 g/mol. The lowest BCUT2D eigenvalue weighted by Gasteiger charge is -2.22. The zero-order valence-electron chi connectivity index (χ0n) is 9.11. The molecule has 1 heterocycles. The van der Waals surface area contributed by atoms with Crippen molar-refractivity contribution in [3.8, 4) is 0 Å². The molecule has 6 heteroatoms. The molecule has 1 fully saturated rings. The molecule has 0 aliphatic carbocycles. The topological polar surface area (TPSA) is 98.7 Å². The van der Waals surface area contributed by atoms with Gasteiger partial charge in [-0.1, -0.05) is 0 Å². The van der Waals surface area contributed by atoms with Gasteiger partial charge in [-0.15, -0.1) is 0 Å². The molecule has 1 saturated heterocycles. The summed E-state index contributed by atoms with van der Waals surface area (Å²) >= 11 is 0. The molecule has 0 radical (unpaired) electrons. The van der Waals surface area contributed by atoms with Crippen molar-refractivity contribution in [1.29, 1.82) is 0 Å². The molecule has 6 nitrogen and oxygen atoms in total. The van der Waals surface area contributed by atoms with Crippen LogP contribution in [0.15, 0.2) is 0 Å². The highest BCUT2D eigenvalue weighted by molar-refractivity contribution is 5.83. The summed E-state index contributed by atoms with van der Waals surface area (Å²) in [5, 5.41) is 22.9. The largest absolute Gasteiger partial charge is 0.480 e. The van der Waals surface area contributed by atoms with Crippen molar-refractivity contribution in [2.24, 2.45) is 5.92 Å². The molecular weight excluding hydrogens is 212 g/mol. The molecule has 1 amide bonds. The number of carbonyl (C=O) groups is 2. The lowest BCUT2D eigenvalue weighted by molar-refractivity contribution is -0.143. The second-order valence-corrected chi connectivity index (χ2v) is 4.04. The van der Waals surface area contributed by atoms with Crippen LogP contribution in [0.5, 0.6) is 0 Å². The minimum Gasteiger partial charge on any atom is -0.480 e. The highest BCUT2D eigenvalue weighted by Crippen LogP contribution is 2.15. The second-order valence-electron chi connectivity index (χ2n) is 4.04. The number of aliphatic hydroxyl groups is 1. The first-order chi connectivity index (χ1) is 7.63. The van der Waals surface area contributed by atoms with Crippen molar-refractivity contribution in [3.05, 3.63) is 0 Å². The molecule has 0 aromatic rings. The van der Waals surface area contributed by atoms with Crippen LogP contribution in [0.2, 0.25) is 0 Å². The van der Waals surface area contributed by atoms with E-state index in [1.54, 1.807) is 0 Å². The van der Waals surface area contributed by atoms with E-state index in [1.165, 1.54) is 0 Å². The number of carboxylic acids is 1. The summed E-state index contributed by atoms with van der Waals surface area (Å²) in [4.78, 5) is 22.1. The summed E-state index contributed by atoms with van der Waals surface area (Å²) in [5.74, 6) is -1.19. The van der Waals surface area contributed by atoms with Crippen molar-refractivity contribution < 1.29 is 19.8 Å². The Bertz CT molecular complexity index is 251. The number of carboxylic acid groups (broad SMARTS) is 1. The summed E-state index contributed by atoms with van der Waals surface area (Å²) in [6.07, 6.45) is 2.21. The highest BCUT2D eigenvalue weighted by atomic mass is 16.4. The van der Waals surface area contributed by atoms with E-state index in [0.29, 0.717) is 12.3 Å². The lowest BCUT2D eigenvalue weighted by Crippen LogP contribution is -2.44. The molecule has 0 unspecified atom stereocenters. The molecule has 1 aliphatic heterocycles. The van der Waals surface area contributed by atoms with E-state index in [1.807, 2.05) is 0 Å². The van der Waals surface area contributed by atoms with Crippen LogP contribution in [-0.2, 0) is 9.59 Å². The Morgan fingerprint density at radius 2 is 2.00 bits per heavy atom. The van der Waals surface area contributed by atoms with Gasteiger partial charge in [0.25, 0.3) is 0 Å². The van der Waals surface area contributed by atoms with E-state index < -0.39 is 18.6 Å². The maximum Gasteiger partial charge on any atom is 0.328 e. The number of hydrogen-bond donors (Lipinski definition) is 4. The van der Waals surface area contributed by atoms with Gasteiger partial charge in [-0.3, -0.25) is 4.79 Å². The van der Waals surface area contributed by atoms with Crippen LogP contribution in [0.1, 0.15) is 19.3 Å². The molecule has 0 aromatic carbocycles. The van der Waals surface area contributed by atoms with Crippen molar-refractivity contribution in [3.63, 3.8) is 0 Å². The fourth-order valence-electron chi connectivity index (χ4n) is 1.79. The Morgan fingerprint density at radius 3 is 2.50 bits per heavy atom. The van der Waals surface area contributed by atoms with Gasteiger partial charge in [0.15, 0.2) is 0 Å². The number of nitrogens with one attached hydrogen (secondary N) is 2. The third kappa shape index (κ3) is 4.16. The van der Waals surface area contributed by atoms with Gasteiger partial charge in [0, 0.05) is 6.42 Å². The molecule has 16 heavy (non-hydrogen) atoms. The van der Waals surface area contributed by atoms with Crippen LogP contribution in [0, 0.1) is 5.92 Å². The highest BCUT2D eigenvalue weighted by Gasteiger charge is 2.21. The third-order valence-electron chi connectivity index (χ3n) is 2.75. The fourth-order valence-corrected chi connectivity index (χ4v) is 1.79. The molecule has 0 bridgehead atoms. The van der Waals surface area contributed by atoms with Crippen LogP contribution < -0.4 is 10.6 Å². The van der Waals surface area contributed by atoms with Gasteiger partial charge in [0.05, 0.1) is 6.61 Å². The van der Waals surface area contributed by atoms with E-state index in [0.717, 1.165) is 25.9 Å². The van der Waals surface area contributed by atoms with Gasteiger partial charge >= 0.3 is 5.97 Å². The lowest BCUT2D eigenvalue weighted by atomic mass is 9.94. The second kappa shape index (κ2) is 6.44.